The molecule has 0 saturated heterocycles. The second kappa shape index (κ2) is 2.44. The molecular formula is C7H11F3. The molecule has 0 aromatic carbocycles. The molecule has 1 unspecified atom stereocenters. The van der Waals surface area contributed by atoms with E-state index in [0.29, 0.717) is 6.92 Å². The molecule has 0 heterocycles. The summed E-state index contributed by atoms with van der Waals surface area (Å²) in [5.41, 5.74) is 0. The van der Waals surface area contributed by atoms with E-state index in [0.717, 1.165) is 12.8 Å². The van der Waals surface area contributed by atoms with Crippen LogP contribution in [0.2, 0.25) is 0 Å². The van der Waals surface area contributed by atoms with Crippen LogP contribution in [0.4, 0.5) is 13.2 Å². The van der Waals surface area contributed by atoms with Crippen LogP contribution in [0.25, 0.3) is 0 Å². The number of rotatable bonds is 3. The third-order valence-corrected chi connectivity index (χ3v) is 1.79. The fourth-order valence-electron chi connectivity index (χ4n) is 0.853. The highest BCUT2D eigenvalue weighted by Gasteiger charge is 2.38. The zero-order chi connectivity index (χ0) is 7.78. The molecule has 0 aliphatic heterocycles. The summed E-state index contributed by atoms with van der Waals surface area (Å²) in [4.78, 5) is 0. The van der Waals surface area contributed by atoms with Gasteiger partial charge in [0, 0.05) is 6.92 Å². The zero-order valence-corrected chi connectivity index (χ0v) is 5.91. The van der Waals surface area contributed by atoms with Crippen LogP contribution in [0.15, 0.2) is 0 Å². The van der Waals surface area contributed by atoms with Crippen molar-refractivity contribution in [3.8, 4) is 0 Å². The highest BCUT2D eigenvalue weighted by atomic mass is 19.3. The Morgan fingerprint density at radius 3 is 2.30 bits per heavy atom. The van der Waals surface area contributed by atoms with Crippen LogP contribution in [-0.4, -0.2) is 12.1 Å². The van der Waals surface area contributed by atoms with Gasteiger partial charge in [-0.3, -0.25) is 0 Å². The number of alkyl halides is 3. The summed E-state index contributed by atoms with van der Waals surface area (Å²) < 4.78 is 36.7. The second-order valence-electron chi connectivity index (χ2n) is 3.10. The lowest BCUT2D eigenvalue weighted by Gasteiger charge is -2.14. The molecule has 60 valence electrons. The van der Waals surface area contributed by atoms with Crippen molar-refractivity contribution < 1.29 is 13.2 Å². The molecule has 0 spiro atoms. The van der Waals surface area contributed by atoms with Crippen molar-refractivity contribution >= 4 is 0 Å². The molecule has 10 heavy (non-hydrogen) atoms. The summed E-state index contributed by atoms with van der Waals surface area (Å²) in [6, 6.07) is 0. The molecule has 0 N–H and O–H groups in total. The van der Waals surface area contributed by atoms with Crippen molar-refractivity contribution in [2.24, 2.45) is 5.92 Å². The molecule has 0 bridgehead atoms. The first kappa shape index (κ1) is 7.89. The van der Waals surface area contributed by atoms with Gasteiger partial charge in [-0.15, -0.1) is 0 Å². The molecule has 0 aromatic rings. The van der Waals surface area contributed by atoms with Crippen molar-refractivity contribution in [2.75, 3.05) is 0 Å². The third kappa shape index (κ3) is 2.20. The van der Waals surface area contributed by atoms with Gasteiger partial charge in [0.1, 0.15) is 0 Å². The van der Waals surface area contributed by atoms with Crippen LogP contribution < -0.4 is 0 Å². The maximum absolute atomic E-state index is 12.5. The smallest absolute Gasteiger partial charge is 0.241 e. The topological polar surface area (TPSA) is 0 Å². The lowest BCUT2D eigenvalue weighted by molar-refractivity contribution is -0.0597. The predicted molar refractivity (Wildman–Crippen MR) is 32.9 cm³/mol. The van der Waals surface area contributed by atoms with Gasteiger partial charge in [-0.05, 0) is 12.3 Å². The lowest BCUT2D eigenvalue weighted by Crippen LogP contribution is -2.26. The van der Waals surface area contributed by atoms with Crippen molar-refractivity contribution in [3.05, 3.63) is 0 Å². The van der Waals surface area contributed by atoms with E-state index in [9.17, 15) is 13.2 Å². The Balaban J connectivity index is 2.25. The molecule has 1 aliphatic rings. The van der Waals surface area contributed by atoms with Crippen molar-refractivity contribution in [1.82, 2.24) is 0 Å². The minimum atomic E-state index is -3.14. The summed E-state index contributed by atoms with van der Waals surface area (Å²) in [7, 11) is 0. The zero-order valence-electron chi connectivity index (χ0n) is 5.91. The second-order valence-corrected chi connectivity index (χ2v) is 3.10. The maximum atomic E-state index is 12.5. The molecule has 0 aromatic heterocycles. The van der Waals surface area contributed by atoms with E-state index in [-0.39, 0.29) is 12.3 Å². The highest BCUT2D eigenvalue weighted by Crippen LogP contribution is 2.37. The van der Waals surface area contributed by atoms with Crippen LogP contribution in [0.1, 0.15) is 26.2 Å². The van der Waals surface area contributed by atoms with Gasteiger partial charge in [-0.2, -0.15) is 0 Å². The summed E-state index contributed by atoms with van der Waals surface area (Å²) in [5, 5.41) is 0. The van der Waals surface area contributed by atoms with Gasteiger partial charge in [0.15, 0.2) is 6.17 Å². The van der Waals surface area contributed by atoms with E-state index in [4.69, 9.17) is 0 Å². The van der Waals surface area contributed by atoms with E-state index in [2.05, 4.69) is 0 Å². The molecule has 1 saturated carbocycles. The van der Waals surface area contributed by atoms with Gasteiger partial charge in [-0.1, -0.05) is 12.8 Å². The average Bonchev–Trinajstić information content (AvgIpc) is 2.47. The quantitative estimate of drug-likeness (QED) is 0.583. The SMILES string of the molecule is CC(F)(F)C(F)CC1CC1. The number of halogens is 3. The van der Waals surface area contributed by atoms with Crippen molar-refractivity contribution in [2.45, 2.75) is 38.3 Å². The van der Waals surface area contributed by atoms with Gasteiger partial charge < -0.3 is 0 Å². The van der Waals surface area contributed by atoms with Gasteiger partial charge in [-0.25, -0.2) is 13.2 Å². The van der Waals surface area contributed by atoms with Crippen molar-refractivity contribution in [1.29, 1.82) is 0 Å². The normalized spacial score (nSPS) is 22.8. The first-order valence-electron chi connectivity index (χ1n) is 3.52. The standard InChI is InChI=1S/C7H11F3/c1-7(9,10)6(8)4-5-2-3-5/h5-6H,2-4H2,1H3. The van der Waals surface area contributed by atoms with Gasteiger partial charge >= 0.3 is 0 Å². The Labute approximate surface area is 58.4 Å². The Hall–Kier alpha value is -0.210. The molecule has 1 aliphatic carbocycles. The minimum Gasteiger partial charge on any atom is -0.241 e. The largest absolute Gasteiger partial charge is 0.275 e. The molecule has 0 amide bonds. The fraction of sp³-hybridized carbons (Fsp3) is 1.00. The fourth-order valence-corrected chi connectivity index (χ4v) is 0.853. The van der Waals surface area contributed by atoms with Gasteiger partial charge in [0.25, 0.3) is 5.92 Å². The lowest BCUT2D eigenvalue weighted by atomic mass is 10.1. The molecule has 3 heteroatoms. The first-order valence-corrected chi connectivity index (χ1v) is 3.52. The molecule has 1 rings (SSSR count). The minimum absolute atomic E-state index is 0.0451. The van der Waals surface area contributed by atoms with Crippen LogP contribution in [0, 0.1) is 5.92 Å². The monoisotopic (exact) mass is 152 g/mol. The maximum Gasteiger partial charge on any atom is 0.275 e. The van der Waals surface area contributed by atoms with Crippen molar-refractivity contribution in [3.63, 3.8) is 0 Å². The third-order valence-electron chi connectivity index (χ3n) is 1.79. The first-order chi connectivity index (χ1) is 4.50. The van der Waals surface area contributed by atoms with E-state index >= 15 is 0 Å². The van der Waals surface area contributed by atoms with Crippen LogP contribution in [0.3, 0.4) is 0 Å². The summed E-state index contributed by atoms with van der Waals surface area (Å²) in [6.07, 6.45) is -0.0312. The van der Waals surface area contributed by atoms with Gasteiger partial charge in [0.2, 0.25) is 0 Å². The Morgan fingerprint density at radius 2 is 2.00 bits per heavy atom. The van der Waals surface area contributed by atoms with Crippen LogP contribution >= 0.6 is 0 Å². The molecule has 1 atom stereocenters. The summed E-state index contributed by atoms with van der Waals surface area (Å²) in [6.45, 7) is 0.639. The van der Waals surface area contributed by atoms with E-state index < -0.39 is 12.1 Å². The Morgan fingerprint density at radius 1 is 1.50 bits per heavy atom. The van der Waals surface area contributed by atoms with E-state index in [1.165, 1.54) is 0 Å². The summed E-state index contributed by atoms with van der Waals surface area (Å²) >= 11 is 0. The molecule has 1 fully saturated rings. The van der Waals surface area contributed by atoms with E-state index in [1.54, 1.807) is 0 Å². The predicted octanol–water partition coefficient (Wildman–Crippen LogP) is 2.78. The van der Waals surface area contributed by atoms with Gasteiger partial charge in [0.05, 0.1) is 0 Å². The molecule has 0 nitrogen and oxygen atoms in total. The van der Waals surface area contributed by atoms with E-state index in [1.807, 2.05) is 0 Å². The Kier molecular flexibility index (Phi) is 1.92. The summed E-state index contributed by atoms with van der Waals surface area (Å²) in [5.74, 6) is -2.90. The average molecular weight is 152 g/mol. The highest BCUT2D eigenvalue weighted by molar-refractivity contribution is 4.81. The molecule has 0 radical (unpaired) electrons. The Bertz CT molecular complexity index is 113. The van der Waals surface area contributed by atoms with Crippen LogP contribution in [-0.2, 0) is 0 Å². The van der Waals surface area contributed by atoms with Crippen LogP contribution in [0.5, 0.6) is 0 Å². The molecular weight excluding hydrogens is 141 g/mol. The number of hydrogen-bond donors (Lipinski definition) is 0. The number of hydrogen-bond acceptors (Lipinski definition) is 0.